The lowest BCUT2D eigenvalue weighted by Crippen LogP contribution is -2.48. The van der Waals surface area contributed by atoms with Gasteiger partial charge < -0.3 is 15.2 Å². The molecule has 1 unspecified atom stereocenters. The third kappa shape index (κ3) is 3.61. The molecule has 76 valence electrons. The molecule has 1 heterocycles. The van der Waals surface area contributed by atoms with Gasteiger partial charge >= 0.3 is 6.16 Å². The van der Waals surface area contributed by atoms with E-state index in [0.717, 1.165) is 26.2 Å². The molecule has 1 rings (SSSR count). The number of hydrogen-bond donors (Lipinski definition) is 2. The highest BCUT2D eigenvalue weighted by molar-refractivity contribution is 5.56. The first-order valence-corrected chi connectivity index (χ1v) is 4.50. The summed E-state index contributed by atoms with van der Waals surface area (Å²) < 4.78 is 4.51. The number of nitrogens with zero attached hydrogens (tertiary/aromatic N) is 1. The fraction of sp³-hybridized carbons (Fsp3) is 0.875. The molecule has 1 fully saturated rings. The average molecular weight is 188 g/mol. The maximum absolute atomic E-state index is 10.1. The second kappa shape index (κ2) is 5.04. The summed E-state index contributed by atoms with van der Waals surface area (Å²) in [5, 5.41) is 11.5. The standard InChI is InChI=1S/C8H16N2O3/c1-7(6-13-8(11)12)10-4-2-9-3-5-10/h7,9H,2-6H2,1H3,(H,11,12). The van der Waals surface area contributed by atoms with Crippen molar-refractivity contribution in [2.24, 2.45) is 0 Å². The van der Waals surface area contributed by atoms with Crippen molar-refractivity contribution < 1.29 is 14.6 Å². The summed E-state index contributed by atoms with van der Waals surface area (Å²) in [7, 11) is 0. The molecule has 5 heteroatoms. The molecule has 0 aromatic rings. The van der Waals surface area contributed by atoms with Gasteiger partial charge in [0.2, 0.25) is 0 Å². The average Bonchev–Trinajstić information content (AvgIpc) is 2.15. The number of ether oxygens (including phenoxy) is 1. The van der Waals surface area contributed by atoms with Crippen LogP contribution in [0.1, 0.15) is 6.92 Å². The normalized spacial score (nSPS) is 21.0. The van der Waals surface area contributed by atoms with Crippen LogP contribution in [0.2, 0.25) is 0 Å². The van der Waals surface area contributed by atoms with Crippen LogP contribution in [-0.2, 0) is 4.74 Å². The molecule has 0 bridgehead atoms. The van der Waals surface area contributed by atoms with Crippen molar-refractivity contribution in [3.63, 3.8) is 0 Å². The molecule has 0 saturated carbocycles. The molecule has 0 radical (unpaired) electrons. The van der Waals surface area contributed by atoms with Gasteiger partial charge in [0.25, 0.3) is 0 Å². The van der Waals surface area contributed by atoms with E-state index >= 15 is 0 Å². The molecule has 0 aliphatic carbocycles. The third-order valence-electron chi connectivity index (χ3n) is 2.22. The van der Waals surface area contributed by atoms with Crippen LogP contribution in [0.4, 0.5) is 4.79 Å². The van der Waals surface area contributed by atoms with E-state index in [4.69, 9.17) is 5.11 Å². The predicted molar refractivity (Wildman–Crippen MR) is 47.9 cm³/mol. The van der Waals surface area contributed by atoms with E-state index in [-0.39, 0.29) is 12.6 Å². The van der Waals surface area contributed by atoms with Crippen molar-refractivity contribution >= 4 is 6.16 Å². The van der Waals surface area contributed by atoms with Gasteiger partial charge in [0.05, 0.1) is 0 Å². The van der Waals surface area contributed by atoms with Gasteiger partial charge in [-0.1, -0.05) is 0 Å². The number of carboxylic acid groups (broad SMARTS) is 1. The van der Waals surface area contributed by atoms with Crippen molar-refractivity contribution in [3.05, 3.63) is 0 Å². The Balaban J connectivity index is 2.20. The minimum Gasteiger partial charge on any atom is -0.450 e. The second-order valence-corrected chi connectivity index (χ2v) is 3.21. The lowest BCUT2D eigenvalue weighted by molar-refractivity contribution is 0.0569. The maximum Gasteiger partial charge on any atom is 0.505 e. The predicted octanol–water partition coefficient (Wildman–Crippen LogP) is -0.0253. The van der Waals surface area contributed by atoms with Gasteiger partial charge in [-0.25, -0.2) is 4.79 Å². The summed E-state index contributed by atoms with van der Waals surface area (Å²) in [5.74, 6) is 0. The minimum atomic E-state index is -1.19. The monoisotopic (exact) mass is 188 g/mol. The Morgan fingerprint density at radius 3 is 2.77 bits per heavy atom. The zero-order chi connectivity index (χ0) is 9.68. The summed E-state index contributed by atoms with van der Waals surface area (Å²) in [6, 6.07) is 0.179. The molecular weight excluding hydrogens is 172 g/mol. The van der Waals surface area contributed by atoms with Crippen molar-refractivity contribution in [2.75, 3.05) is 32.8 Å². The van der Waals surface area contributed by atoms with Gasteiger partial charge in [0.1, 0.15) is 6.61 Å². The van der Waals surface area contributed by atoms with Crippen molar-refractivity contribution in [2.45, 2.75) is 13.0 Å². The van der Waals surface area contributed by atoms with E-state index in [0.29, 0.717) is 0 Å². The number of carbonyl (C=O) groups is 1. The number of rotatable bonds is 3. The topological polar surface area (TPSA) is 61.8 Å². The fourth-order valence-corrected chi connectivity index (χ4v) is 1.42. The van der Waals surface area contributed by atoms with Crippen LogP contribution in [0.3, 0.4) is 0 Å². The van der Waals surface area contributed by atoms with Gasteiger partial charge in [-0.15, -0.1) is 0 Å². The van der Waals surface area contributed by atoms with E-state index in [1.165, 1.54) is 0 Å². The summed E-state index contributed by atoms with van der Waals surface area (Å²) >= 11 is 0. The molecule has 0 aromatic heterocycles. The highest BCUT2D eigenvalue weighted by Gasteiger charge is 2.17. The van der Waals surface area contributed by atoms with Crippen molar-refractivity contribution in [1.29, 1.82) is 0 Å². The molecule has 0 amide bonds. The summed E-state index contributed by atoms with van der Waals surface area (Å²) in [6.07, 6.45) is -1.19. The fourth-order valence-electron chi connectivity index (χ4n) is 1.42. The third-order valence-corrected chi connectivity index (χ3v) is 2.22. The SMILES string of the molecule is CC(COC(=O)O)N1CCNCC1. The Hall–Kier alpha value is -0.810. The smallest absolute Gasteiger partial charge is 0.450 e. The van der Waals surface area contributed by atoms with Crippen LogP contribution in [0, 0.1) is 0 Å². The van der Waals surface area contributed by atoms with Crippen LogP contribution < -0.4 is 5.32 Å². The zero-order valence-corrected chi connectivity index (χ0v) is 7.82. The lowest BCUT2D eigenvalue weighted by atomic mass is 10.2. The van der Waals surface area contributed by atoms with Gasteiger partial charge in [-0.3, -0.25) is 4.90 Å². The Labute approximate surface area is 77.7 Å². The quantitative estimate of drug-likeness (QED) is 0.609. The van der Waals surface area contributed by atoms with E-state index < -0.39 is 6.16 Å². The van der Waals surface area contributed by atoms with E-state index in [1.54, 1.807) is 0 Å². The van der Waals surface area contributed by atoms with Crippen molar-refractivity contribution in [1.82, 2.24) is 10.2 Å². The van der Waals surface area contributed by atoms with E-state index in [1.807, 2.05) is 6.92 Å². The summed E-state index contributed by atoms with van der Waals surface area (Å²) in [5.41, 5.74) is 0. The first kappa shape index (κ1) is 10.3. The molecule has 1 aliphatic rings. The van der Waals surface area contributed by atoms with E-state index in [2.05, 4.69) is 15.0 Å². The molecule has 1 atom stereocenters. The van der Waals surface area contributed by atoms with Gasteiger partial charge in [0.15, 0.2) is 0 Å². The molecule has 2 N–H and O–H groups in total. The largest absolute Gasteiger partial charge is 0.505 e. The van der Waals surface area contributed by atoms with Crippen molar-refractivity contribution in [3.8, 4) is 0 Å². The van der Waals surface area contributed by atoms with Crippen LogP contribution >= 0.6 is 0 Å². The molecule has 1 aliphatic heterocycles. The van der Waals surface area contributed by atoms with Crippen LogP contribution in [0.25, 0.3) is 0 Å². The van der Waals surface area contributed by atoms with Gasteiger partial charge in [-0.05, 0) is 6.92 Å². The molecule has 5 nitrogen and oxygen atoms in total. The van der Waals surface area contributed by atoms with E-state index in [9.17, 15) is 4.79 Å². The van der Waals surface area contributed by atoms with Crippen LogP contribution in [-0.4, -0.2) is 55.0 Å². The molecular formula is C8H16N2O3. The summed E-state index contributed by atoms with van der Waals surface area (Å²) in [6.45, 7) is 6.10. The molecule has 0 spiro atoms. The number of hydrogen-bond acceptors (Lipinski definition) is 4. The summed E-state index contributed by atoms with van der Waals surface area (Å²) in [4.78, 5) is 12.4. The maximum atomic E-state index is 10.1. The Kier molecular flexibility index (Phi) is 3.98. The molecule has 1 saturated heterocycles. The Morgan fingerprint density at radius 1 is 1.62 bits per heavy atom. The number of nitrogens with one attached hydrogen (secondary N) is 1. The van der Waals surface area contributed by atoms with Gasteiger partial charge in [-0.2, -0.15) is 0 Å². The van der Waals surface area contributed by atoms with Crippen LogP contribution in [0.15, 0.2) is 0 Å². The highest BCUT2D eigenvalue weighted by Crippen LogP contribution is 2.01. The Bertz CT molecular complexity index is 169. The highest BCUT2D eigenvalue weighted by atomic mass is 16.7. The zero-order valence-electron chi connectivity index (χ0n) is 7.82. The minimum absolute atomic E-state index is 0.179. The van der Waals surface area contributed by atoms with Gasteiger partial charge in [0, 0.05) is 32.2 Å². The molecule has 0 aromatic carbocycles. The van der Waals surface area contributed by atoms with Crippen LogP contribution in [0.5, 0.6) is 0 Å². The second-order valence-electron chi connectivity index (χ2n) is 3.21. The molecule has 13 heavy (non-hydrogen) atoms. The first-order chi connectivity index (χ1) is 6.20. The number of piperazine rings is 1. The lowest BCUT2D eigenvalue weighted by Gasteiger charge is -2.32. The first-order valence-electron chi connectivity index (χ1n) is 4.50. The Morgan fingerprint density at radius 2 is 2.23 bits per heavy atom.